The molecule has 1 unspecified atom stereocenters. The third kappa shape index (κ3) is 5.23. The van der Waals surface area contributed by atoms with Crippen LogP contribution in [0.15, 0.2) is 24.3 Å². The fourth-order valence-corrected chi connectivity index (χ4v) is 4.61. The van der Waals surface area contributed by atoms with Crippen LogP contribution in [-0.2, 0) is 20.0 Å². The van der Waals surface area contributed by atoms with E-state index in [4.69, 9.17) is 4.74 Å². The largest absolute Gasteiger partial charge is 0.491 e. The number of piperidine rings is 1. The van der Waals surface area contributed by atoms with Crippen molar-refractivity contribution in [1.29, 1.82) is 0 Å². The van der Waals surface area contributed by atoms with Crippen molar-refractivity contribution in [2.75, 3.05) is 26.0 Å². The lowest BCUT2D eigenvalue weighted by molar-refractivity contribution is -0.125. The van der Waals surface area contributed by atoms with Gasteiger partial charge in [0.05, 0.1) is 6.04 Å². The van der Waals surface area contributed by atoms with Crippen molar-refractivity contribution < 1.29 is 17.9 Å². The van der Waals surface area contributed by atoms with E-state index in [1.807, 2.05) is 31.2 Å². The summed E-state index contributed by atoms with van der Waals surface area (Å²) in [5, 5.41) is 5.94. The van der Waals surface area contributed by atoms with Crippen LogP contribution in [0, 0.1) is 0 Å². The van der Waals surface area contributed by atoms with Crippen LogP contribution in [0.25, 0.3) is 0 Å². The van der Waals surface area contributed by atoms with E-state index in [-0.39, 0.29) is 18.1 Å². The zero-order valence-electron chi connectivity index (χ0n) is 17.0. The van der Waals surface area contributed by atoms with Gasteiger partial charge < -0.3 is 15.4 Å². The van der Waals surface area contributed by atoms with Gasteiger partial charge in [0.25, 0.3) is 0 Å². The molecule has 1 atom stereocenters. The number of rotatable bonds is 6. The number of nitrogens with one attached hydrogen (secondary N) is 2. The van der Waals surface area contributed by atoms with Crippen LogP contribution in [-0.4, -0.2) is 51.1 Å². The van der Waals surface area contributed by atoms with Crippen molar-refractivity contribution in [2.45, 2.75) is 56.7 Å². The predicted molar refractivity (Wildman–Crippen MR) is 108 cm³/mol. The van der Waals surface area contributed by atoms with Crippen molar-refractivity contribution in [3.63, 3.8) is 0 Å². The Bertz CT molecular complexity index is 745. The third-order valence-corrected chi connectivity index (χ3v) is 7.15. The van der Waals surface area contributed by atoms with E-state index in [1.165, 1.54) is 5.56 Å². The topological polar surface area (TPSA) is 84.5 Å². The molecule has 6 nitrogen and oxygen atoms in total. The SMILES string of the molecule is CC(COc1ccc(C(C)(C)C)cc1)NC(=O)C1(S(C)(=O)=O)CCNCC1. The Labute approximate surface area is 163 Å². The molecule has 2 rings (SSSR count). The van der Waals surface area contributed by atoms with E-state index in [0.29, 0.717) is 25.9 Å². The van der Waals surface area contributed by atoms with Gasteiger partial charge in [-0.2, -0.15) is 0 Å². The molecule has 1 aliphatic rings. The highest BCUT2D eigenvalue weighted by atomic mass is 32.2. The summed E-state index contributed by atoms with van der Waals surface area (Å²) in [6.07, 6.45) is 1.73. The third-order valence-electron chi connectivity index (χ3n) is 5.13. The van der Waals surface area contributed by atoms with Gasteiger partial charge in [-0.25, -0.2) is 8.42 Å². The van der Waals surface area contributed by atoms with E-state index in [1.54, 1.807) is 0 Å². The van der Waals surface area contributed by atoms with Gasteiger partial charge in [0.1, 0.15) is 12.4 Å². The maximum atomic E-state index is 12.8. The lowest BCUT2D eigenvalue weighted by Gasteiger charge is -2.35. The monoisotopic (exact) mass is 396 g/mol. The number of carbonyl (C=O) groups excluding carboxylic acids is 1. The molecule has 152 valence electrons. The summed E-state index contributed by atoms with van der Waals surface area (Å²) in [6.45, 7) is 9.59. The quantitative estimate of drug-likeness (QED) is 0.769. The second-order valence-corrected chi connectivity index (χ2v) is 10.8. The number of carbonyl (C=O) groups is 1. The summed E-state index contributed by atoms with van der Waals surface area (Å²) in [7, 11) is -3.51. The van der Waals surface area contributed by atoms with Crippen LogP contribution in [0.4, 0.5) is 0 Å². The first-order valence-electron chi connectivity index (χ1n) is 9.40. The van der Waals surface area contributed by atoms with Crippen molar-refractivity contribution in [1.82, 2.24) is 10.6 Å². The van der Waals surface area contributed by atoms with Crippen LogP contribution in [0.1, 0.15) is 46.1 Å². The molecule has 0 aliphatic carbocycles. The highest BCUT2D eigenvalue weighted by molar-refractivity contribution is 7.92. The Kier molecular flexibility index (Phi) is 6.58. The molecule has 1 aliphatic heterocycles. The summed E-state index contributed by atoms with van der Waals surface area (Å²) in [5.41, 5.74) is 1.30. The number of benzene rings is 1. The maximum absolute atomic E-state index is 12.8. The highest BCUT2D eigenvalue weighted by Crippen LogP contribution is 2.28. The molecule has 1 heterocycles. The molecule has 1 aromatic rings. The first-order valence-corrected chi connectivity index (χ1v) is 11.3. The number of hydrogen-bond acceptors (Lipinski definition) is 5. The van der Waals surface area contributed by atoms with E-state index in [9.17, 15) is 13.2 Å². The zero-order valence-corrected chi connectivity index (χ0v) is 17.8. The Morgan fingerprint density at radius 1 is 1.22 bits per heavy atom. The fraction of sp³-hybridized carbons (Fsp3) is 0.650. The smallest absolute Gasteiger partial charge is 0.241 e. The highest BCUT2D eigenvalue weighted by Gasteiger charge is 2.48. The molecule has 1 fully saturated rings. The minimum atomic E-state index is -3.51. The van der Waals surface area contributed by atoms with E-state index < -0.39 is 20.5 Å². The van der Waals surface area contributed by atoms with Gasteiger partial charge in [-0.15, -0.1) is 0 Å². The zero-order chi connectivity index (χ0) is 20.3. The summed E-state index contributed by atoms with van der Waals surface area (Å²) in [5.74, 6) is 0.300. The van der Waals surface area contributed by atoms with Crippen LogP contribution in [0.2, 0.25) is 0 Å². The second-order valence-electron chi connectivity index (χ2n) is 8.48. The van der Waals surface area contributed by atoms with Crippen LogP contribution < -0.4 is 15.4 Å². The van der Waals surface area contributed by atoms with Crippen molar-refractivity contribution >= 4 is 15.7 Å². The molecule has 2 N–H and O–H groups in total. The van der Waals surface area contributed by atoms with E-state index >= 15 is 0 Å². The number of hydrogen-bond donors (Lipinski definition) is 2. The summed E-state index contributed by atoms with van der Waals surface area (Å²) in [4.78, 5) is 12.8. The predicted octanol–water partition coefficient (Wildman–Crippen LogP) is 2.03. The van der Waals surface area contributed by atoms with Crippen LogP contribution in [0.3, 0.4) is 0 Å². The average molecular weight is 397 g/mol. The molecule has 0 aromatic heterocycles. The van der Waals surface area contributed by atoms with Crippen molar-refractivity contribution in [3.8, 4) is 5.75 Å². The Morgan fingerprint density at radius 2 is 1.78 bits per heavy atom. The molecule has 1 aromatic carbocycles. The van der Waals surface area contributed by atoms with Gasteiger partial charge in [-0.05, 0) is 56.0 Å². The molecule has 0 spiro atoms. The maximum Gasteiger partial charge on any atom is 0.241 e. The van der Waals surface area contributed by atoms with Gasteiger partial charge in [0.2, 0.25) is 5.91 Å². The minimum absolute atomic E-state index is 0.0780. The first-order chi connectivity index (χ1) is 12.5. The van der Waals surface area contributed by atoms with Gasteiger partial charge in [0.15, 0.2) is 14.6 Å². The standard InChI is InChI=1S/C20H32N2O4S/c1-15(14-26-17-8-6-16(7-9-17)19(2,3)4)22-18(23)20(27(5,24)25)10-12-21-13-11-20/h6-9,15,21H,10-14H2,1-5H3,(H,22,23). The second kappa shape index (κ2) is 8.19. The molecular formula is C20H32N2O4S. The molecule has 0 saturated carbocycles. The molecule has 7 heteroatoms. The fourth-order valence-electron chi connectivity index (χ4n) is 3.27. The molecular weight excluding hydrogens is 364 g/mol. The van der Waals surface area contributed by atoms with Gasteiger partial charge in [-0.1, -0.05) is 32.9 Å². The van der Waals surface area contributed by atoms with Crippen LogP contribution in [0.5, 0.6) is 5.75 Å². The van der Waals surface area contributed by atoms with E-state index in [2.05, 4.69) is 31.4 Å². The van der Waals surface area contributed by atoms with E-state index in [0.717, 1.165) is 12.0 Å². The lowest BCUT2D eigenvalue weighted by atomic mass is 9.87. The molecule has 1 amide bonds. The number of ether oxygens (including phenoxy) is 1. The molecule has 27 heavy (non-hydrogen) atoms. The summed E-state index contributed by atoms with van der Waals surface area (Å²) in [6, 6.07) is 7.60. The normalized spacial score (nSPS) is 18.6. The number of amides is 1. The molecule has 0 radical (unpaired) electrons. The Morgan fingerprint density at radius 3 is 2.26 bits per heavy atom. The van der Waals surface area contributed by atoms with Gasteiger partial charge in [0, 0.05) is 6.26 Å². The average Bonchev–Trinajstić information content (AvgIpc) is 2.59. The Hall–Kier alpha value is -1.60. The summed E-state index contributed by atoms with van der Waals surface area (Å²) >= 11 is 0. The van der Waals surface area contributed by atoms with Gasteiger partial charge >= 0.3 is 0 Å². The molecule has 0 bridgehead atoms. The molecule has 1 saturated heterocycles. The van der Waals surface area contributed by atoms with Gasteiger partial charge in [-0.3, -0.25) is 4.79 Å². The first kappa shape index (κ1) is 21.7. The van der Waals surface area contributed by atoms with Crippen molar-refractivity contribution in [2.24, 2.45) is 0 Å². The summed E-state index contributed by atoms with van der Waals surface area (Å²) < 4.78 is 29.0. The minimum Gasteiger partial charge on any atom is -0.491 e. The Balaban J connectivity index is 1.96. The number of sulfone groups is 1. The van der Waals surface area contributed by atoms with Crippen molar-refractivity contribution in [3.05, 3.63) is 29.8 Å². The lowest BCUT2D eigenvalue weighted by Crippen LogP contribution is -2.59. The van der Waals surface area contributed by atoms with Crippen LogP contribution >= 0.6 is 0 Å².